The smallest absolute Gasteiger partial charge is 0.407 e. The molecule has 0 atom stereocenters. The molecule has 1 aromatic rings. The van der Waals surface area contributed by atoms with Crippen molar-refractivity contribution in [1.29, 1.82) is 0 Å². The number of ether oxygens (including phenoxy) is 8. The van der Waals surface area contributed by atoms with Crippen molar-refractivity contribution in [2.75, 3.05) is 106 Å². The van der Waals surface area contributed by atoms with Crippen LogP contribution in [0.5, 0.6) is 0 Å². The molecule has 0 aliphatic carbocycles. The summed E-state index contributed by atoms with van der Waals surface area (Å²) in [6.45, 7) is 13.0. The molecule has 20 heteroatoms. The topological polar surface area (TPSA) is 249 Å². The van der Waals surface area contributed by atoms with Gasteiger partial charge in [0.05, 0.1) is 66.4 Å². The number of nitrogens with zero attached hydrogens (tertiary/aromatic N) is 2. The average Bonchev–Trinajstić information content (AvgIpc) is 3.35. The molecule has 0 heterocycles. The van der Waals surface area contributed by atoms with Gasteiger partial charge in [0.15, 0.2) is 0 Å². The predicted molar refractivity (Wildman–Crippen MR) is 269 cm³/mol. The van der Waals surface area contributed by atoms with Gasteiger partial charge in [-0.1, -0.05) is 69.7 Å². The monoisotopic (exact) mass is 995 g/mol. The Morgan fingerprint density at radius 1 is 0.429 bits per heavy atom. The molecular weight excluding hydrogens is 909 g/mol. The van der Waals surface area contributed by atoms with Crippen LogP contribution in [0.3, 0.4) is 0 Å². The lowest BCUT2D eigenvalue weighted by Crippen LogP contribution is -2.26. The second-order valence-corrected chi connectivity index (χ2v) is 15.6. The van der Waals surface area contributed by atoms with Gasteiger partial charge in [-0.25, -0.2) is 19.2 Å². The molecule has 4 N–H and O–H groups in total. The van der Waals surface area contributed by atoms with E-state index in [1.54, 1.807) is 13.1 Å². The maximum atomic E-state index is 11.7. The molecule has 0 aliphatic heterocycles. The number of carbonyl (C=O) groups excluding carboxylic acids is 6. The number of benzene rings is 1. The van der Waals surface area contributed by atoms with Crippen LogP contribution in [0.4, 0.5) is 19.2 Å². The number of hydrogen-bond donors (Lipinski definition) is 4. The van der Waals surface area contributed by atoms with Gasteiger partial charge >= 0.3 is 36.3 Å². The summed E-state index contributed by atoms with van der Waals surface area (Å²) in [5.74, 6) is -0.490. The van der Waals surface area contributed by atoms with Gasteiger partial charge in [-0.15, -0.1) is 0 Å². The largest absolute Gasteiger partial charge is 0.466 e. The lowest BCUT2D eigenvalue weighted by Gasteiger charge is -2.08. The highest BCUT2D eigenvalue weighted by molar-refractivity contribution is 5.84. The van der Waals surface area contributed by atoms with Crippen molar-refractivity contribution in [3.8, 4) is 0 Å². The van der Waals surface area contributed by atoms with Gasteiger partial charge in [0.1, 0.15) is 6.61 Å². The normalized spacial score (nSPS) is 10.7. The van der Waals surface area contributed by atoms with Gasteiger partial charge in [-0.05, 0) is 82.8 Å². The van der Waals surface area contributed by atoms with Gasteiger partial charge in [-0.2, -0.15) is 0 Å². The molecule has 70 heavy (non-hydrogen) atoms. The molecular formula is C50H86N6O14. The van der Waals surface area contributed by atoms with Gasteiger partial charge in [0.25, 0.3) is 0 Å². The van der Waals surface area contributed by atoms with Crippen molar-refractivity contribution in [2.24, 2.45) is 9.98 Å². The third-order valence-corrected chi connectivity index (χ3v) is 9.61. The van der Waals surface area contributed by atoms with Crippen LogP contribution < -0.4 is 21.3 Å². The van der Waals surface area contributed by atoms with Crippen LogP contribution in [-0.2, 0) is 47.5 Å². The standard InChI is InChI=1S/C25H40N4O6.C25H46N2O8/c1-3-33-16-14-26-20-22-8-10-23(11-9-22)21-27-15-17-34-18-19-35-25(31)29-13-7-5-4-6-12-28-24(30)32-2;1-3-5-12-19-33-22(28)15-8-9-16-23(29)34-20-13-14-21-35-25(31)27-18-11-7-6-10-17-26-24(30)32-4-2/h8-11,20-21H,3-7,12-19H2,1-2H3,(H,28,30)(H,29,31);3-21H2,1-2H3,(H,26,30)(H,27,31). The Kier molecular flexibility index (Phi) is 46.0. The minimum Gasteiger partial charge on any atom is -0.466 e. The van der Waals surface area contributed by atoms with Crippen LogP contribution in [0.2, 0.25) is 0 Å². The van der Waals surface area contributed by atoms with Crippen molar-refractivity contribution in [3.63, 3.8) is 0 Å². The number of unbranched alkanes of at least 4 members (excludes halogenated alkanes) is 10. The molecule has 1 aromatic carbocycles. The van der Waals surface area contributed by atoms with Crippen LogP contribution in [0.1, 0.15) is 141 Å². The van der Waals surface area contributed by atoms with E-state index < -0.39 is 18.3 Å². The molecule has 20 nitrogen and oxygen atoms in total. The number of amides is 4. The van der Waals surface area contributed by atoms with Crippen LogP contribution in [0.25, 0.3) is 0 Å². The van der Waals surface area contributed by atoms with Crippen LogP contribution in [0, 0.1) is 0 Å². The fraction of sp³-hybridized carbons (Fsp3) is 0.720. The predicted octanol–water partition coefficient (Wildman–Crippen LogP) is 7.86. The van der Waals surface area contributed by atoms with E-state index in [0.29, 0.717) is 111 Å². The molecule has 0 fully saturated rings. The van der Waals surface area contributed by atoms with Crippen molar-refractivity contribution in [2.45, 2.75) is 130 Å². The molecule has 0 saturated heterocycles. The first-order chi connectivity index (χ1) is 34.1. The first kappa shape index (κ1) is 64.5. The van der Waals surface area contributed by atoms with Crippen molar-refractivity contribution in [1.82, 2.24) is 21.3 Å². The summed E-state index contributed by atoms with van der Waals surface area (Å²) in [5, 5.41) is 10.7. The van der Waals surface area contributed by atoms with E-state index in [1.165, 1.54) is 7.11 Å². The highest BCUT2D eigenvalue weighted by Crippen LogP contribution is 2.06. The number of rotatable bonds is 41. The van der Waals surface area contributed by atoms with E-state index in [1.807, 2.05) is 37.4 Å². The zero-order valence-corrected chi connectivity index (χ0v) is 42.7. The minimum atomic E-state index is -0.449. The van der Waals surface area contributed by atoms with Crippen LogP contribution >= 0.6 is 0 Å². The van der Waals surface area contributed by atoms with E-state index in [2.05, 4.69) is 42.9 Å². The third-order valence-electron chi connectivity index (χ3n) is 9.61. The summed E-state index contributed by atoms with van der Waals surface area (Å²) in [7, 11) is 1.34. The second kappa shape index (κ2) is 49.9. The highest BCUT2D eigenvalue weighted by atomic mass is 16.6. The van der Waals surface area contributed by atoms with E-state index in [4.69, 9.17) is 33.2 Å². The van der Waals surface area contributed by atoms with Gasteiger partial charge in [0, 0.05) is 58.1 Å². The number of esters is 2. The maximum absolute atomic E-state index is 11.7. The van der Waals surface area contributed by atoms with Crippen LogP contribution in [-0.4, -0.2) is 155 Å². The Hall–Kier alpha value is -5.50. The third kappa shape index (κ3) is 46.2. The van der Waals surface area contributed by atoms with E-state index in [9.17, 15) is 28.8 Å². The van der Waals surface area contributed by atoms with Crippen molar-refractivity contribution >= 4 is 48.7 Å². The average molecular weight is 995 g/mol. The molecule has 400 valence electrons. The first-order valence-corrected chi connectivity index (χ1v) is 25.2. The SMILES string of the molecule is CCCCCOC(=O)CCCCC(=O)OCCCCOC(=O)NCCCCCCNC(=O)OCC.CCOCCN=Cc1ccc(C=NCCOCCOC(=O)NCCCCCCNC(=O)OC)cc1. The summed E-state index contributed by atoms with van der Waals surface area (Å²) >= 11 is 0. The summed E-state index contributed by atoms with van der Waals surface area (Å²) in [6, 6.07) is 7.97. The fourth-order valence-corrected chi connectivity index (χ4v) is 5.78. The molecule has 0 spiro atoms. The number of alkyl carbamates (subject to hydrolysis) is 4. The first-order valence-electron chi connectivity index (χ1n) is 25.2. The Balaban J connectivity index is 0.00000136. The zero-order chi connectivity index (χ0) is 51.4. The summed E-state index contributed by atoms with van der Waals surface area (Å²) in [4.78, 5) is 77.1. The zero-order valence-electron chi connectivity index (χ0n) is 42.7. The number of carbonyl (C=O) groups is 6. The number of nitrogens with one attached hydrogen (secondary N) is 4. The number of methoxy groups -OCH3 is 1. The maximum Gasteiger partial charge on any atom is 0.407 e. The van der Waals surface area contributed by atoms with E-state index >= 15 is 0 Å². The van der Waals surface area contributed by atoms with Crippen molar-refractivity contribution in [3.05, 3.63) is 35.4 Å². The molecule has 0 aromatic heterocycles. The molecule has 0 bridgehead atoms. The van der Waals surface area contributed by atoms with E-state index in [0.717, 1.165) is 81.8 Å². The van der Waals surface area contributed by atoms with Crippen LogP contribution in [0.15, 0.2) is 34.3 Å². The van der Waals surface area contributed by atoms with Gasteiger partial charge in [0.2, 0.25) is 0 Å². The van der Waals surface area contributed by atoms with Gasteiger partial charge in [-0.3, -0.25) is 19.6 Å². The molecule has 1 rings (SSSR count). The molecule has 4 amide bonds. The Morgan fingerprint density at radius 2 is 0.843 bits per heavy atom. The lowest BCUT2D eigenvalue weighted by molar-refractivity contribution is -0.146. The minimum absolute atomic E-state index is 0.197. The Morgan fingerprint density at radius 3 is 1.29 bits per heavy atom. The molecule has 0 saturated carbocycles. The Bertz CT molecular complexity index is 1530. The number of aliphatic imine (C=N–C) groups is 2. The summed E-state index contributed by atoms with van der Waals surface area (Å²) in [5.41, 5.74) is 2.05. The fourth-order valence-electron chi connectivity index (χ4n) is 5.78. The van der Waals surface area contributed by atoms with Gasteiger partial charge < -0.3 is 59.2 Å². The molecule has 0 radical (unpaired) electrons. The van der Waals surface area contributed by atoms with Crippen molar-refractivity contribution < 1.29 is 66.7 Å². The quantitative estimate of drug-likeness (QED) is 0.0211. The highest BCUT2D eigenvalue weighted by Gasteiger charge is 2.08. The molecule has 0 aliphatic rings. The lowest BCUT2D eigenvalue weighted by atomic mass is 10.1. The molecule has 0 unspecified atom stereocenters. The van der Waals surface area contributed by atoms with E-state index in [-0.39, 0.29) is 44.3 Å². The summed E-state index contributed by atoms with van der Waals surface area (Å²) < 4.78 is 40.4. The Labute approximate surface area is 416 Å². The second-order valence-electron chi connectivity index (χ2n) is 15.6. The summed E-state index contributed by atoms with van der Waals surface area (Å²) in [6.07, 6.45) is 15.3. The number of hydrogen-bond acceptors (Lipinski definition) is 16.